The first-order valence-corrected chi connectivity index (χ1v) is 3.42. The summed E-state index contributed by atoms with van der Waals surface area (Å²) in [5.74, 6) is 0. The van der Waals surface area contributed by atoms with Crippen LogP contribution in [0.1, 0.15) is 6.92 Å². The van der Waals surface area contributed by atoms with E-state index in [0.29, 0.717) is 0 Å². The van der Waals surface area contributed by atoms with Crippen molar-refractivity contribution in [3.8, 4) is 0 Å². The van der Waals surface area contributed by atoms with Crippen LogP contribution in [0.25, 0.3) is 0 Å². The summed E-state index contributed by atoms with van der Waals surface area (Å²) in [5, 5.41) is 15.2. The Kier molecular flexibility index (Phi) is 10.8. The van der Waals surface area contributed by atoms with Gasteiger partial charge in [-0.25, -0.2) is 0 Å². The van der Waals surface area contributed by atoms with Crippen LogP contribution in [0.2, 0.25) is 0 Å². The molecule has 0 bridgehead atoms. The molecule has 1 N–H and O–H groups in total. The lowest BCUT2D eigenvalue weighted by atomic mass is 10.3. The second kappa shape index (κ2) is 9.73. The molecule has 0 aliphatic heterocycles. The van der Waals surface area contributed by atoms with E-state index in [9.17, 15) is 0 Å². The van der Waals surface area contributed by atoms with E-state index in [2.05, 4.69) is 24.4 Å². The lowest BCUT2D eigenvalue weighted by Crippen LogP contribution is -1.94. The third-order valence-corrected chi connectivity index (χ3v) is 1.15. The average Bonchev–Trinajstić information content (AvgIpc) is 2.11. The van der Waals surface area contributed by atoms with Gasteiger partial charge in [-0.1, -0.05) is 18.2 Å². The molecule has 0 aromatic heterocycles. The van der Waals surface area contributed by atoms with Crippen LogP contribution in [0, 0.1) is 10.8 Å². The number of hydrogen-bond donors (Lipinski definition) is 1. The molecule has 0 radical (unpaired) electrons. The fourth-order valence-electron chi connectivity index (χ4n) is 0.760. The van der Waals surface area contributed by atoms with Gasteiger partial charge in [-0.3, -0.25) is 0 Å². The highest BCUT2D eigenvalue weighted by atomic mass is 35.5. The fraction of sp³-hybridized carbons (Fsp3) is 0.250. The number of benzene rings is 1. The van der Waals surface area contributed by atoms with Crippen LogP contribution in [-0.2, 0) is 0 Å². The molecule has 0 amide bonds. The highest BCUT2D eigenvalue weighted by molar-refractivity contribution is 5.85. The van der Waals surface area contributed by atoms with E-state index in [-0.39, 0.29) is 12.4 Å². The molecule has 66 valence electrons. The largest absolute Gasteiger partial charge is 0.385 e. The van der Waals surface area contributed by atoms with Crippen molar-refractivity contribution in [2.24, 2.45) is 0 Å². The molecule has 12 heavy (non-hydrogen) atoms. The third kappa shape index (κ3) is 5.51. The van der Waals surface area contributed by atoms with E-state index >= 15 is 0 Å². The molecule has 1 aromatic carbocycles. The van der Waals surface area contributed by atoms with Crippen molar-refractivity contribution in [2.45, 2.75) is 6.92 Å². The molecule has 1 rings (SSSR count). The van der Waals surface area contributed by atoms with E-state index < -0.39 is 0 Å². The molecule has 0 saturated heterocycles. The number of rotatable bonds is 2. The van der Waals surface area contributed by atoms with Crippen LogP contribution in [0.3, 0.4) is 0 Å². The highest BCUT2D eigenvalue weighted by Crippen LogP contribution is 2.02. The van der Waals surface area contributed by atoms with E-state index in [1.54, 1.807) is 0 Å². The van der Waals surface area contributed by atoms with Gasteiger partial charge >= 0.3 is 0 Å². The zero-order valence-electron chi connectivity index (χ0n) is 6.90. The molecule has 0 aliphatic carbocycles. The predicted octanol–water partition coefficient (Wildman–Crippen LogP) is 2.57. The van der Waals surface area contributed by atoms with Crippen LogP contribution in [-0.4, -0.2) is 6.54 Å². The quantitative estimate of drug-likeness (QED) is 0.721. The maximum absolute atomic E-state index is 6.00. The fourth-order valence-corrected chi connectivity index (χ4v) is 0.760. The van der Waals surface area contributed by atoms with Crippen molar-refractivity contribution >= 4 is 18.1 Å². The molecular weight excluding hydrogens is 174 g/mol. The molecule has 0 unspecified atom stereocenters. The number of nitrogens with one attached hydrogen (secondary N) is 1. The second-order valence-corrected chi connectivity index (χ2v) is 1.90. The molecule has 0 spiro atoms. The third-order valence-electron chi connectivity index (χ3n) is 1.15. The number of nitrogens with zero attached hydrogens (tertiary/aromatic N) is 2. The van der Waals surface area contributed by atoms with Gasteiger partial charge in [-0.2, -0.15) is 0 Å². The van der Waals surface area contributed by atoms with Crippen molar-refractivity contribution in [3.63, 3.8) is 0 Å². The van der Waals surface area contributed by atoms with Gasteiger partial charge in [0.1, 0.15) is 0 Å². The summed E-state index contributed by atoms with van der Waals surface area (Å²) in [4.78, 5) is 0. The van der Waals surface area contributed by atoms with E-state index in [1.165, 1.54) is 5.69 Å². The number of para-hydroxylation sites is 1. The molecule has 0 heterocycles. The lowest BCUT2D eigenvalue weighted by molar-refractivity contribution is 1.15. The number of hydrogen-bond acceptors (Lipinski definition) is 3. The molecule has 4 heteroatoms. The van der Waals surface area contributed by atoms with E-state index in [0.717, 1.165) is 6.54 Å². The summed E-state index contributed by atoms with van der Waals surface area (Å²) >= 11 is 0. The number of halogens is 1. The maximum atomic E-state index is 6.00. The molecule has 0 fully saturated rings. The maximum Gasteiger partial charge on any atom is 0.0340 e. The van der Waals surface area contributed by atoms with Crippen LogP contribution < -0.4 is 5.32 Å². The zero-order valence-corrected chi connectivity index (χ0v) is 7.71. The summed E-state index contributed by atoms with van der Waals surface area (Å²) in [6.45, 7) is 3.08. The van der Waals surface area contributed by atoms with Crippen LogP contribution >= 0.6 is 12.4 Å². The van der Waals surface area contributed by atoms with Gasteiger partial charge in [0.15, 0.2) is 0 Å². The van der Waals surface area contributed by atoms with Crippen molar-refractivity contribution in [3.05, 3.63) is 30.3 Å². The molecule has 0 aliphatic rings. The van der Waals surface area contributed by atoms with Gasteiger partial charge in [0.2, 0.25) is 0 Å². The SMILES string of the molecule is CCNc1ccccc1.Cl.N#N. The Hall–Kier alpha value is -1.27. The molecule has 0 atom stereocenters. The van der Waals surface area contributed by atoms with Gasteiger partial charge in [-0.05, 0) is 19.1 Å². The van der Waals surface area contributed by atoms with Gasteiger partial charge < -0.3 is 5.32 Å². The first kappa shape index (κ1) is 13.3. The van der Waals surface area contributed by atoms with Crippen molar-refractivity contribution in [1.82, 2.24) is 0 Å². The predicted molar refractivity (Wildman–Crippen MR) is 51.3 cm³/mol. The standard InChI is InChI=1S/C8H11N.ClH.N2/c1-2-9-8-6-4-3-5-7-8;;1-2/h3-7,9H,2H2,1H3;1H;. The van der Waals surface area contributed by atoms with Crippen molar-refractivity contribution in [2.75, 3.05) is 11.9 Å². The van der Waals surface area contributed by atoms with E-state index in [4.69, 9.17) is 10.8 Å². The zero-order chi connectivity index (χ0) is 8.53. The average molecular weight is 186 g/mol. The first-order valence-electron chi connectivity index (χ1n) is 3.42. The van der Waals surface area contributed by atoms with Crippen molar-refractivity contribution in [1.29, 1.82) is 10.8 Å². The minimum Gasteiger partial charge on any atom is -0.385 e. The summed E-state index contributed by atoms with van der Waals surface area (Å²) in [5.41, 5.74) is 1.19. The van der Waals surface area contributed by atoms with Gasteiger partial charge in [-0.15, -0.1) is 12.4 Å². The van der Waals surface area contributed by atoms with Gasteiger partial charge in [0.25, 0.3) is 0 Å². The Morgan fingerprint density at radius 1 is 1.17 bits per heavy atom. The van der Waals surface area contributed by atoms with Crippen molar-refractivity contribution < 1.29 is 0 Å². The summed E-state index contributed by atoms with van der Waals surface area (Å²) < 4.78 is 0. The minimum atomic E-state index is 0. The Morgan fingerprint density at radius 3 is 2.08 bits per heavy atom. The topological polar surface area (TPSA) is 59.6 Å². The minimum absolute atomic E-state index is 0. The molecule has 3 nitrogen and oxygen atoms in total. The van der Waals surface area contributed by atoms with Crippen LogP contribution in [0.5, 0.6) is 0 Å². The van der Waals surface area contributed by atoms with Crippen LogP contribution in [0.15, 0.2) is 30.3 Å². The lowest BCUT2D eigenvalue weighted by Gasteiger charge is -1.99. The van der Waals surface area contributed by atoms with E-state index in [1.807, 2.05) is 18.2 Å². The Bertz CT molecular complexity index is 198. The molecule has 1 aromatic rings. The summed E-state index contributed by atoms with van der Waals surface area (Å²) in [7, 11) is 0. The smallest absolute Gasteiger partial charge is 0.0340 e. The van der Waals surface area contributed by atoms with Crippen LogP contribution in [0.4, 0.5) is 5.69 Å². The Labute approximate surface area is 78.6 Å². The first-order chi connectivity index (χ1) is 5.43. The Morgan fingerprint density at radius 2 is 1.67 bits per heavy atom. The molecular formula is C8H12ClN3. The monoisotopic (exact) mass is 185 g/mol. The molecule has 0 saturated carbocycles. The Balaban J connectivity index is 0. The van der Waals surface area contributed by atoms with Gasteiger partial charge in [0, 0.05) is 23.0 Å². The second-order valence-electron chi connectivity index (χ2n) is 1.90. The number of anilines is 1. The summed E-state index contributed by atoms with van der Waals surface area (Å²) in [6.07, 6.45) is 0. The normalized spacial score (nSPS) is 6.92. The summed E-state index contributed by atoms with van der Waals surface area (Å²) in [6, 6.07) is 10.2. The van der Waals surface area contributed by atoms with Gasteiger partial charge in [0.05, 0.1) is 0 Å². The highest BCUT2D eigenvalue weighted by Gasteiger charge is 1.81.